The minimum absolute atomic E-state index is 0.0400. The maximum atomic E-state index is 12.4. The molecule has 2 rings (SSSR count). The van der Waals surface area contributed by atoms with Crippen molar-refractivity contribution in [3.05, 3.63) is 29.3 Å². The van der Waals surface area contributed by atoms with Crippen LogP contribution in [0, 0.1) is 34.5 Å². The minimum Gasteiger partial charge on any atom is -0.481 e. The van der Waals surface area contributed by atoms with Gasteiger partial charge in [0.05, 0.1) is 12.1 Å². The summed E-state index contributed by atoms with van der Waals surface area (Å²) in [4.78, 5) is 14.2. The summed E-state index contributed by atoms with van der Waals surface area (Å²) in [5, 5.41) is 18.4. The molecular weight excluding hydrogens is 314 g/mol. The van der Waals surface area contributed by atoms with E-state index in [0.717, 1.165) is 0 Å². The van der Waals surface area contributed by atoms with E-state index in [9.17, 15) is 4.79 Å². The van der Waals surface area contributed by atoms with Crippen molar-refractivity contribution >= 4 is 17.5 Å². The van der Waals surface area contributed by atoms with Crippen molar-refractivity contribution in [2.75, 3.05) is 13.1 Å². The summed E-state index contributed by atoms with van der Waals surface area (Å²) in [5.41, 5.74) is 0. The van der Waals surface area contributed by atoms with Gasteiger partial charge in [-0.1, -0.05) is 17.7 Å². The Morgan fingerprint density at radius 3 is 2.57 bits per heavy atom. The van der Waals surface area contributed by atoms with Gasteiger partial charge in [-0.05, 0) is 43.9 Å². The molecule has 0 aromatic heterocycles. The fourth-order valence-corrected chi connectivity index (χ4v) is 2.93. The molecule has 1 aliphatic rings. The first-order chi connectivity index (χ1) is 11.0. The molecular formula is C17H18ClN3O2. The zero-order chi connectivity index (χ0) is 16.8. The van der Waals surface area contributed by atoms with Crippen molar-refractivity contribution in [2.45, 2.75) is 25.9 Å². The van der Waals surface area contributed by atoms with Crippen LogP contribution in [0.1, 0.15) is 19.8 Å². The van der Waals surface area contributed by atoms with Crippen molar-refractivity contribution < 1.29 is 9.53 Å². The van der Waals surface area contributed by atoms with Gasteiger partial charge in [0.15, 0.2) is 6.10 Å². The number of carbonyl (C=O) groups is 1. The lowest BCUT2D eigenvalue weighted by Gasteiger charge is -2.33. The molecule has 0 spiro atoms. The number of carbonyl (C=O) groups excluding carboxylic acids is 1. The molecule has 0 N–H and O–H groups in total. The highest BCUT2D eigenvalue weighted by Gasteiger charge is 2.30. The van der Waals surface area contributed by atoms with E-state index in [1.165, 1.54) is 0 Å². The molecule has 6 heteroatoms. The largest absolute Gasteiger partial charge is 0.481 e. The third-order valence-corrected chi connectivity index (χ3v) is 4.29. The third kappa shape index (κ3) is 4.37. The summed E-state index contributed by atoms with van der Waals surface area (Å²) in [6.45, 7) is 2.81. The van der Waals surface area contributed by atoms with Crippen LogP contribution in [0.5, 0.6) is 5.75 Å². The second-order valence-corrected chi connectivity index (χ2v) is 6.05. The number of nitrogens with zero attached hydrogens (tertiary/aromatic N) is 3. The van der Waals surface area contributed by atoms with E-state index in [1.807, 2.05) is 12.1 Å². The smallest absolute Gasteiger partial charge is 0.263 e. The van der Waals surface area contributed by atoms with Crippen molar-refractivity contribution in [1.82, 2.24) is 4.90 Å². The van der Waals surface area contributed by atoms with E-state index in [0.29, 0.717) is 36.7 Å². The van der Waals surface area contributed by atoms with Crippen LogP contribution < -0.4 is 4.74 Å². The lowest BCUT2D eigenvalue weighted by molar-refractivity contribution is -0.139. The van der Waals surface area contributed by atoms with Crippen molar-refractivity contribution in [3.63, 3.8) is 0 Å². The highest BCUT2D eigenvalue weighted by molar-refractivity contribution is 6.30. The molecule has 1 aromatic rings. The van der Waals surface area contributed by atoms with Crippen molar-refractivity contribution in [1.29, 1.82) is 10.5 Å². The van der Waals surface area contributed by atoms with Gasteiger partial charge in [-0.3, -0.25) is 4.79 Å². The number of piperidine rings is 1. The van der Waals surface area contributed by atoms with Crippen molar-refractivity contribution in [2.24, 2.45) is 11.8 Å². The van der Waals surface area contributed by atoms with Gasteiger partial charge in [-0.2, -0.15) is 10.5 Å². The standard InChI is InChI=1S/C17H18ClN3O2/c1-12(23-16-4-2-3-15(18)9-16)17(22)21-7-5-13(6-8-21)14(10-19)11-20/h2-4,9,12-14H,5-8H2,1H3. The second-order valence-electron chi connectivity index (χ2n) is 5.62. The van der Waals surface area contributed by atoms with Crippen LogP contribution in [0.4, 0.5) is 0 Å². The maximum absolute atomic E-state index is 12.4. The quantitative estimate of drug-likeness (QED) is 0.849. The number of likely N-dealkylation sites (tertiary alicyclic amines) is 1. The molecule has 0 saturated carbocycles. The topological polar surface area (TPSA) is 77.1 Å². The van der Waals surface area contributed by atoms with Gasteiger partial charge >= 0.3 is 0 Å². The fraction of sp³-hybridized carbons (Fsp3) is 0.471. The Hall–Kier alpha value is -2.24. The Balaban J connectivity index is 1.89. The molecule has 1 unspecified atom stereocenters. The number of halogens is 1. The summed E-state index contributed by atoms with van der Waals surface area (Å²) in [6, 6.07) is 11.0. The highest BCUT2D eigenvalue weighted by Crippen LogP contribution is 2.25. The number of nitriles is 2. The molecule has 1 fully saturated rings. The highest BCUT2D eigenvalue weighted by atomic mass is 35.5. The number of benzene rings is 1. The Bertz CT molecular complexity index is 628. The van der Waals surface area contributed by atoms with Gasteiger partial charge < -0.3 is 9.64 Å². The lowest BCUT2D eigenvalue weighted by atomic mass is 9.86. The summed E-state index contributed by atoms with van der Waals surface area (Å²) in [6.07, 6.45) is 0.732. The van der Waals surface area contributed by atoms with E-state index in [1.54, 1.807) is 36.1 Å². The average Bonchev–Trinajstić information content (AvgIpc) is 2.56. The van der Waals surface area contributed by atoms with E-state index in [-0.39, 0.29) is 11.8 Å². The molecule has 23 heavy (non-hydrogen) atoms. The normalized spacial score (nSPS) is 16.5. The number of hydrogen-bond donors (Lipinski definition) is 0. The third-order valence-electron chi connectivity index (χ3n) is 4.06. The van der Waals surface area contributed by atoms with Crippen LogP contribution in [-0.4, -0.2) is 30.0 Å². The number of rotatable bonds is 4. The van der Waals surface area contributed by atoms with Gasteiger partial charge in [0.1, 0.15) is 11.7 Å². The van der Waals surface area contributed by atoms with Crippen LogP contribution in [0.3, 0.4) is 0 Å². The van der Waals surface area contributed by atoms with E-state index >= 15 is 0 Å². The van der Waals surface area contributed by atoms with Gasteiger partial charge in [-0.25, -0.2) is 0 Å². The monoisotopic (exact) mass is 331 g/mol. The molecule has 1 saturated heterocycles. The molecule has 5 nitrogen and oxygen atoms in total. The van der Waals surface area contributed by atoms with Crippen LogP contribution >= 0.6 is 11.6 Å². The molecule has 1 heterocycles. The molecule has 0 radical (unpaired) electrons. The summed E-state index contributed by atoms with van der Waals surface area (Å²) in [5.74, 6) is -0.0817. The maximum Gasteiger partial charge on any atom is 0.263 e. The molecule has 120 valence electrons. The van der Waals surface area contributed by atoms with Gasteiger partial charge in [-0.15, -0.1) is 0 Å². The number of amides is 1. The first-order valence-corrected chi connectivity index (χ1v) is 7.93. The Kier molecular flexibility index (Phi) is 5.84. The van der Waals surface area contributed by atoms with Crippen LogP contribution in [0.2, 0.25) is 5.02 Å². The van der Waals surface area contributed by atoms with Gasteiger partial charge in [0.2, 0.25) is 0 Å². The predicted molar refractivity (Wildman–Crippen MR) is 85.6 cm³/mol. The molecule has 0 aliphatic carbocycles. The Labute approximate surface area is 141 Å². The Morgan fingerprint density at radius 2 is 2.00 bits per heavy atom. The summed E-state index contributed by atoms with van der Waals surface area (Å²) < 4.78 is 5.65. The average molecular weight is 332 g/mol. The SMILES string of the molecule is CC(Oc1cccc(Cl)c1)C(=O)N1CCC(C(C#N)C#N)CC1. The van der Waals surface area contributed by atoms with E-state index < -0.39 is 12.0 Å². The predicted octanol–water partition coefficient (Wildman–Crippen LogP) is 3.01. The number of hydrogen-bond acceptors (Lipinski definition) is 4. The molecule has 0 bridgehead atoms. The van der Waals surface area contributed by atoms with E-state index in [4.69, 9.17) is 26.9 Å². The fourth-order valence-electron chi connectivity index (χ4n) is 2.74. The van der Waals surface area contributed by atoms with Gasteiger partial charge in [0, 0.05) is 18.1 Å². The molecule has 1 aliphatic heterocycles. The van der Waals surface area contributed by atoms with Crippen LogP contribution in [0.25, 0.3) is 0 Å². The van der Waals surface area contributed by atoms with Crippen LogP contribution in [-0.2, 0) is 4.79 Å². The van der Waals surface area contributed by atoms with Crippen LogP contribution in [0.15, 0.2) is 24.3 Å². The first kappa shape index (κ1) is 17.1. The zero-order valence-corrected chi connectivity index (χ0v) is 13.7. The molecule has 1 amide bonds. The minimum atomic E-state index is -0.604. The molecule has 1 atom stereocenters. The zero-order valence-electron chi connectivity index (χ0n) is 12.9. The van der Waals surface area contributed by atoms with E-state index in [2.05, 4.69) is 0 Å². The summed E-state index contributed by atoms with van der Waals surface area (Å²) in [7, 11) is 0. The second kappa shape index (κ2) is 7.85. The van der Waals surface area contributed by atoms with Crippen molar-refractivity contribution in [3.8, 4) is 17.9 Å². The first-order valence-electron chi connectivity index (χ1n) is 7.55. The number of ether oxygens (including phenoxy) is 1. The molecule has 1 aromatic carbocycles. The van der Waals surface area contributed by atoms with Gasteiger partial charge in [0.25, 0.3) is 5.91 Å². The Morgan fingerprint density at radius 1 is 1.35 bits per heavy atom. The lowest BCUT2D eigenvalue weighted by Crippen LogP contribution is -2.45. The summed E-state index contributed by atoms with van der Waals surface area (Å²) >= 11 is 5.90.